The van der Waals surface area contributed by atoms with Crippen molar-refractivity contribution < 1.29 is 16.6 Å². The van der Waals surface area contributed by atoms with Crippen LogP contribution < -0.4 is 0 Å². The van der Waals surface area contributed by atoms with Gasteiger partial charge in [-0.3, -0.25) is 0 Å². The molecule has 0 aliphatic heterocycles. The van der Waals surface area contributed by atoms with Gasteiger partial charge in [-0.15, -0.1) is 24.8 Å². The minimum absolute atomic E-state index is 0. The molecule has 0 bridgehead atoms. The maximum atomic E-state index is 2.60. The molecule has 34 heavy (non-hydrogen) atoms. The normalized spacial score (nSPS) is 17.2. The van der Waals surface area contributed by atoms with E-state index in [0.29, 0.717) is 10.1 Å². The van der Waals surface area contributed by atoms with Gasteiger partial charge in [-0.1, -0.05) is 0 Å². The molecule has 0 amide bonds. The number of benzene rings is 2. The average Bonchev–Trinajstić information content (AvgIpc) is 3.18. The van der Waals surface area contributed by atoms with Crippen molar-refractivity contribution in [3.05, 3.63) is 80.3 Å². The predicted molar refractivity (Wildman–Crippen MR) is 154 cm³/mol. The molecular formula is C30H42Cl2SiTi. The molecular weight excluding hydrogens is 507 g/mol. The van der Waals surface area contributed by atoms with Crippen LogP contribution >= 0.6 is 24.8 Å². The summed E-state index contributed by atoms with van der Waals surface area (Å²) in [5, 5.41) is 0. The van der Waals surface area contributed by atoms with Gasteiger partial charge in [-0.25, -0.2) is 0 Å². The fourth-order valence-corrected chi connectivity index (χ4v) is 18.8. The van der Waals surface area contributed by atoms with E-state index in [4.69, 9.17) is 0 Å². The zero-order valence-electron chi connectivity index (χ0n) is 22.6. The van der Waals surface area contributed by atoms with Crippen molar-refractivity contribution in [2.45, 2.75) is 83.5 Å². The van der Waals surface area contributed by atoms with Crippen molar-refractivity contribution in [3.8, 4) is 11.1 Å². The van der Waals surface area contributed by atoms with Gasteiger partial charge in [0, 0.05) is 0 Å². The minimum atomic E-state index is -1.60. The van der Waals surface area contributed by atoms with Gasteiger partial charge in [-0.05, 0) is 0 Å². The molecule has 184 valence electrons. The zero-order chi connectivity index (χ0) is 23.6. The first-order valence-corrected chi connectivity index (χ1v) is 18.7. The van der Waals surface area contributed by atoms with E-state index in [0.717, 1.165) is 0 Å². The van der Waals surface area contributed by atoms with Crippen LogP contribution in [0.25, 0.3) is 11.1 Å². The molecule has 0 fully saturated rings. The SMILES string of the molecule is CC1=[C]([Ti]([CH]2c3cc(C(C)(C)C)ccc3-c3ccc(C(C)(C)C)cc32)=[Si](C)C)C(C)C=C1.Cl.Cl. The Morgan fingerprint density at radius 3 is 1.53 bits per heavy atom. The molecule has 0 radical (unpaired) electrons. The Morgan fingerprint density at radius 1 is 0.765 bits per heavy atom. The smallest absolute Gasteiger partial charge is 0.147 e. The summed E-state index contributed by atoms with van der Waals surface area (Å²) >= 11 is -1.60. The van der Waals surface area contributed by atoms with Crippen LogP contribution in [0, 0.1) is 5.92 Å². The van der Waals surface area contributed by atoms with E-state index < -0.39 is 22.8 Å². The number of halogens is 2. The third-order valence-corrected chi connectivity index (χ3v) is 19.9. The monoisotopic (exact) mass is 548 g/mol. The number of fused-ring (bicyclic) bond motifs is 3. The Kier molecular flexibility index (Phi) is 9.10. The van der Waals surface area contributed by atoms with Crippen molar-refractivity contribution in [2.24, 2.45) is 5.92 Å². The van der Waals surface area contributed by atoms with Gasteiger partial charge < -0.3 is 0 Å². The number of hydrogen-bond acceptors (Lipinski definition) is 0. The minimum Gasteiger partial charge on any atom is -0.147 e. The molecule has 2 aromatic rings. The summed E-state index contributed by atoms with van der Waals surface area (Å²) in [4.78, 5) is 0. The first-order valence-electron chi connectivity index (χ1n) is 12.2. The fraction of sp³-hybridized carbons (Fsp3) is 0.467. The number of hydrogen-bond donors (Lipinski definition) is 0. The molecule has 0 N–H and O–H groups in total. The predicted octanol–water partition coefficient (Wildman–Crippen LogP) is 9.54. The molecule has 1 atom stereocenters. The molecule has 0 saturated carbocycles. The first kappa shape index (κ1) is 29.7. The van der Waals surface area contributed by atoms with E-state index in [9.17, 15) is 0 Å². The van der Waals surface area contributed by atoms with Gasteiger partial charge in [0.05, 0.1) is 0 Å². The summed E-state index contributed by atoms with van der Waals surface area (Å²) in [7, 11) is 0. The van der Waals surface area contributed by atoms with E-state index in [1.807, 2.05) is 3.88 Å². The molecule has 2 aliphatic rings. The second-order valence-electron chi connectivity index (χ2n) is 12.2. The maximum absolute atomic E-state index is 2.60. The fourth-order valence-electron chi connectivity index (χ4n) is 5.51. The van der Waals surface area contributed by atoms with E-state index in [-0.39, 0.29) is 35.6 Å². The Labute approximate surface area is 227 Å². The largest absolute Gasteiger partial charge is 0.147 e. The van der Waals surface area contributed by atoms with Crippen LogP contribution in [-0.4, -0.2) is 6.19 Å². The van der Waals surface area contributed by atoms with E-state index in [2.05, 4.69) is 117 Å². The van der Waals surface area contributed by atoms with Crippen molar-refractivity contribution in [2.75, 3.05) is 0 Å². The topological polar surface area (TPSA) is 0 Å². The van der Waals surface area contributed by atoms with Gasteiger partial charge in [-0.2, -0.15) is 0 Å². The Balaban J connectivity index is 0.00000204. The van der Waals surface area contributed by atoms with Crippen LogP contribution in [0.5, 0.6) is 0 Å². The molecule has 0 spiro atoms. The summed E-state index contributed by atoms with van der Waals surface area (Å²) < 4.78 is 2.48. The molecule has 0 heterocycles. The van der Waals surface area contributed by atoms with Gasteiger partial charge in [0.15, 0.2) is 0 Å². The van der Waals surface area contributed by atoms with Gasteiger partial charge in [0.25, 0.3) is 0 Å². The molecule has 0 nitrogen and oxygen atoms in total. The van der Waals surface area contributed by atoms with Crippen LogP contribution in [0.2, 0.25) is 13.1 Å². The molecule has 0 saturated heterocycles. The summed E-state index contributed by atoms with van der Waals surface area (Å²) in [5.74, 6) is 0.619. The summed E-state index contributed by atoms with van der Waals surface area (Å²) in [6.07, 6.45) is 4.45. The summed E-state index contributed by atoms with van der Waals surface area (Å²) in [6, 6.07) is 14.8. The molecule has 4 heteroatoms. The molecule has 2 aliphatic carbocycles. The third kappa shape index (κ3) is 5.25. The second kappa shape index (κ2) is 10.4. The second-order valence-corrected chi connectivity index (χ2v) is 24.1. The van der Waals surface area contributed by atoms with Gasteiger partial charge >= 0.3 is 204 Å². The molecule has 2 aromatic carbocycles. The third-order valence-electron chi connectivity index (χ3n) is 7.38. The van der Waals surface area contributed by atoms with Crippen LogP contribution in [0.3, 0.4) is 0 Å². The Morgan fingerprint density at radius 2 is 1.21 bits per heavy atom. The van der Waals surface area contributed by atoms with Crippen LogP contribution in [0.1, 0.15) is 81.9 Å². The summed E-state index contributed by atoms with van der Waals surface area (Å²) in [6.45, 7) is 24.1. The van der Waals surface area contributed by atoms with E-state index in [1.165, 1.54) is 22.3 Å². The van der Waals surface area contributed by atoms with Crippen molar-refractivity contribution in [1.29, 1.82) is 0 Å². The van der Waals surface area contributed by atoms with Crippen LogP contribution in [0.15, 0.2) is 58.0 Å². The van der Waals surface area contributed by atoms with Gasteiger partial charge in [0.1, 0.15) is 0 Å². The molecule has 4 rings (SSSR count). The first-order chi connectivity index (χ1) is 14.8. The van der Waals surface area contributed by atoms with Crippen LogP contribution in [0.4, 0.5) is 0 Å². The van der Waals surface area contributed by atoms with Crippen molar-refractivity contribution >= 4 is 31.0 Å². The Bertz CT molecular complexity index is 1120. The van der Waals surface area contributed by atoms with Crippen LogP contribution in [-0.2, 0) is 27.4 Å². The van der Waals surface area contributed by atoms with E-state index >= 15 is 0 Å². The average molecular weight is 550 g/mol. The van der Waals surface area contributed by atoms with Crippen molar-refractivity contribution in [3.63, 3.8) is 0 Å². The molecule has 1 unspecified atom stereocenters. The maximum Gasteiger partial charge on any atom is -0.147 e. The van der Waals surface area contributed by atoms with E-state index in [1.54, 1.807) is 16.7 Å². The molecule has 0 aromatic heterocycles. The summed E-state index contributed by atoms with van der Waals surface area (Å²) in [5.41, 5.74) is 11.2. The Hall–Kier alpha value is -0.569. The number of allylic oxidation sites excluding steroid dienone is 4. The van der Waals surface area contributed by atoms with Crippen molar-refractivity contribution in [1.82, 2.24) is 0 Å². The number of rotatable bonds is 2. The van der Waals surface area contributed by atoms with Gasteiger partial charge in [0.2, 0.25) is 0 Å². The quantitative estimate of drug-likeness (QED) is 0.327. The standard InChI is InChI=1S/C21H25.C7H9.C2H6Si.2ClH.Ti/c1-20(2,3)16-7-9-18-14(12-16)11-15-13-17(21(4,5)6)8-10-19(15)18;1-6-3-4-7(2)5-6;1-3-2;;;/h7-13H,1-6H3;3-4,6H,1-2H3;1-2H3;2*1H;. The zero-order valence-corrected chi connectivity index (χ0v) is 26.8.